The fraction of sp³-hybridized carbons (Fsp3) is 0.0500. The summed E-state index contributed by atoms with van der Waals surface area (Å²) in [5.74, 6) is -1.55. The number of rotatable bonds is 5. The topological polar surface area (TPSA) is 122 Å². The molecule has 12 heteroatoms. The third-order valence-electron chi connectivity index (χ3n) is 4.52. The van der Waals surface area contributed by atoms with E-state index in [1.165, 1.54) is 42.6 Å². The van der Waals surface area contributed by atoms with Crippen LogP contribution in [0.1, 0.15) is 21.6 Å². The molecule has 0 amide bonds. The molecule has 0 aliphatic heterocycles. The number of hydrogen-bond donors (Lipinski definition) is 2. The van der Waals surface area contributed by atoms with Crippen molar-refractivity contribution < 1.29 is 17.6 Å². The van der Waals surface area contributed by atoms with Crippen molar-refractivity contribution >= 4 is 67.4 Å². The number of nitrogens with one attached hydrogen (secondary N) is 2. The minimum absolute atomic E-state index is 0.0101. The Kier molecular flexibility index (Phi) is 5.76. The number of aromatic amines is 1. The van der Waals surface area contributed by atoms with Crippen LogP contribution in [0, 0.1) is 6.92 Å². The van der Waals surface area contributed by atoms with Gasteiger partial charge in [0.1, 0.15) is 5.69 Å². The maximum absolute atomic E-state index is 13.3. The van der Waals surface area contributed by atoms with Crippen molar-refractivity contribution in [2.75, 3.05) is 4.72 Å². The number of nitrogens with zero attached hydrogens (tertiary/aromatic N) is 1. The average molecular weight is 513 g/mol. The molecule has 0 saturated heterocycles. The van der Waals surface area contributed by atoms with Gasteiger partial charge < -0.3 is 4.42 Å². The number of ketones is 1. The van der Waals surface area contributed by atoms with E-state index in [0.29, 0.717) is 10.6 Å². The number of halogens is 3. The second-order valence-corrected chi connectivity index (χ2v) is 9.64. The number of aryl methyl sites for hydroxylation is 1. The lowest BCUT2D eigenvalue weighted by Crippen LogP contribution is -2.17. The Morgan fingerprint density at radius 3 is 2.53 bits per heavy atom. The van der Waals surface area contributed by atoms with E-state index in [0.717, 1.165) is 0 Å². The van der Waals surface area contributed by atoms with Gasteiger partial charge in [-0.3, -0.25) is 14.5 Å². The van der Waals surface area contributed by atoms with E-state index < -0.39 is 21.6 Å². The Bertz CT molecular complexity index is 1560. The molecule has 4 aromatic rings. The molecule has 0 spiro atoms. The SMILES string of the molecule is Cc1cc(S(=O)(=O)Nc2cc(Cl)cnc2C(=O)c2c(Cl)ccc3[nH]c(=O)oc23)ccc1Cl. The molecule has 0 saturated carbocycles. The molecule has 0 aliphatic rings. The Balaban J connectivity index is 1.83. The molecule has 2 N–H and O–H groups in total. The van der Waals surface area contributed by atoms with Crippen LogP contribution < -0.4 is 10.5 Å². The first-order valence-electron chi connectivity index (χ1n) is 8.87. The van der Waals surface area contributed by atoms with Crippen molar-refractivity contribution in [3.05, 3.63) is 85.0 Å². The molecule has 0 fully saturated rings. The van der Waals surface area contributed by atoms with Crippen LogP contribution in [0.2, 0.25) is 15.1 Å². The molecule has 8 nitrogen and oxygen atoms in total. The third-order valence-corrected chi connectivity index (χ3v) is 6.83. The zero-order chi connectivity index (χ0) is 23.2. The molecule has 32 heavy (non-hydrogen) atoms. The lowest BCUT2D eigenvalue weighted by atomic mass is 10.1. The summed E-state index contributed by atoms with van der Waals surface area (Å²) in [6, 6.07) is 8.27. The van der Waals surface area contributed by atoms with Crippen LogP contribution in [0.15, 0.2) is 56.7 Å². The van der Waals surface area contributed by atoms with Gasteiger partial charge in [-0.2, -0.15) is 0 Å². The van der Waals surface area contributed by atoms with Crippen LogP contribution in [0.4, 0.5) is 5.69 Å². The lowest BCUT2D eigenvalue weighted by molar-refractivity contribution is 0.103. The first-order valence-corrected chi connectivity index (χ1v) is 11.5. The van der Waals surface area contributed by atoms with E-state index in [9.17, 15) is 18.0 Å². The normalized spacial score (nSPS) is 11.6. The zero-order valence-corrected chi connectivity index (χ0v) is 19.2. The predicted molar refractivity (Wildman–Crippen MR) is 122 cm³/mol. The van der Waals surface area contributed by atoms with Gasteiger partial charge in [0, 0.05) is 11.2 Å². The number of pyridine rings is 1. The van der Waals surface area contributed by atoms with Crippen LogP contribution in [-0.4, -0.2) is 24.2 Å². The number of sulfonamides is 1. The van der Waals surface area contributed by atoms with E-state index >= 15 is 0 Å². The zero-order valence-electron chi connectivity index (χ0n) is 16.1. The van der Waals surface area contributed by atoms with Crippen molar-refractivity contribution in [1.29, 1.82) is 0 Å². The predicted octanol–water partition coefficient (Wildman–Crippen LogP) is 4.82. The van der Waals surface area contributed by atoms with E-state index in [4.69, 9.17) is 39.2 Å². The van der Waals surface area contributed by atoms with E-state index in [1.54, 1.807) is 6.92 Å². The third kappa shape index (κ3) is 4.12. The lowest BCUT2D eigenvalue weighted by Gasteiger charge is -2.13. The summed E-state index contributed by atoms with van der Waals surface area (Å²) in [7, 11) is -4.13. The van der Waals surface area contributed by atoms with E-state index in [-0.39, 0.29) is 43.0 Å². The molecule has 2 aromatic carbocycles. The summed E-state index contributed by atoms with van der Waals surface area (Å²) in [4.78, 5) is 31.3. The van der Waals surface area contributed by atoms with Crippen LogP contribution in [0.3, 0.4) is 0 Å². The summed E-state index contributed by atoms with van der Waals surface area (Å²) in [5.41, 5.74) is 0.0981. The number of anilines is 1. The molecule has 0 bridgehead atoms. The molecule has 2 aromatic heterocycles. The summed E-state index contributed by atoms with van der Waals surface area (Å²) >= 11 is 18.2. The van der Waals surface area contributed by atoms with E-state index in [1.807, 2.05) is 0 Å². The number of carbonyl (C=O) groups is 1. The van der Waals surface area contributed by atoms with Crippen LogP contribution >= 0.6 is 34.8 Å². The fourth-order valence-electron chi connectivity index (χ4n) is 3.01. The summed E-state index contributed by atoms with van der Waals surface area (Å²) in [6.07, 6.45) is 1.18. The van der Waals surface area contributed by atoms with Gasteiger partial charge >= 0.3 is 5.76 Å². The molecular weight excluding hydrogens is 501 g/mol. The highest BCUT2D eigenvalue weighted by Crippen LogP contribution is 2.31. The molecule has 0 radical (unpaired) electrons. The molecular formula is C20H12Cl3N3O5S. The maximum atomic E-state index is 13.3. The minimum atomic E-state index is -4.13. The van der Waals surface area contributed by atoms with Gasteiger partial charge in [-0.25, -0.2) is 18.2 Å². The van der Waals surface area contributed by atoms with Crippen molar-refractivity contribution in [3.8, 4) is 0 Å². The molecule has 0 unspecified atom stereocenters. The quantitative estimate of drug-likeness (QED) is 0.370. The van der Waals surface area contributed by atoms with Crippen LogP contribution in [0.5, 0.6) is 0 Å². The number of aromatic nitrogens is 2. The van der Waals surface area contributed by atoms with Gasteiger partial charge in [0.05, 0.1) is 31.7 Å². The average Bonchev–Trinajstić information content (AvgIpc) is 3.09. The number of oxazole rings is 1. The smallest absolute Gasteiger partial charge is 0.407 e. The van der Waals surface area contributed by atoms with Crippen molar-refractivity contribution in [1.82, 2.24) is 9.97 Å². The second-order valence-electron chi connectivity index (χ2n) is 6.71. The van der Waals surface area contributed by atoms with Gasteiger partial charge in [0.25, 0.3) is 10.0 Å². The Labute approximate surface area is 196 Å². The van der Waals surface area contributed by atoms with Gasteiger partial charge in [0.15, 0.2) is 5.58 Å². The summed E-state index contributed by atoms with van der Waals surface area (Å²) < 4.78 is 33.3. The number of H-pyrrole nitrogens is 1. The summed E-state index contributed by atoms with van der Waals surface area (Å²) in [6.45, 7) is 1.66. The number of hydrogen-bond acceptors (Lipinski definition) is 6. The molecule has 4 rings (SSSR count). The van der Waals surface area contributed by atoms with Gasteiger partial charge in [-0.05, 0) is 48.9 Å². The Morgan fingerprint density at radius 2 is 1.81 bits per heavy atom. The monoisotopic (exact) mass is 511 g/mol. The fourth-order valence-corrected chi connectivity index (χ4v) is 4.66. The summed E-state index contributed by atoms with van der Waals surface area (Å²) in [5, 5.41) is 0.480. The van der Waals surface area contributed by atoms with Crippen LogP contribution in [0.25, 0.3) is 11.1 Å². The number of carbonyl (C=O) groups excluding carboxylic acids is 1. The first kappa shape index (κ1) is 22.3. The van der Waals surface area contributed by atoms with Gasteiger partial charge in [-0.15, -0.1) is 0 Å². The Hall–Kier alpha value is -2.85. The number of fused-ring (bicyclic) bond motifs is 1. The highest BCUT2D eigenvalue weighted by Gasteiger charge is 2.26. The largest absolute Gasteiger partial charge is 0.417 e. The highest BCUT2D eigenvalue weighted by atomic mass is 35.5. The second kappa shape index (κ2) is 8.25. The Morgan fingerprint density at radius 1 is 1.09 bits per heavy atom. The minimum Gasteiger partial charge on any atom is -0.407 e. The van der Waals surface area contributed by atoms with Crippen LogP contribution in [-0.2, 0) is 10.0 Å². The highest BCUT2D eigenvalue weighted by molar-refractivity contribution is 7.92. The molecule has 2 heterocycles. The molecule has 0 aliphatic carbocycles. The number of benzene rings is 2. The molecule has 0 atom stereocenters. The van der Waals surface area contributed by atoms with E-state index in [2.05, 4.69) is 14.7 Å². The molecule has 164 valence electrons. The van der Waals surface area contributed by atoms with Crippen molar-refractivity contribution in [3.63, 3.8) is 0 Å². The van der Waals surface area contributed by atoms with Gasteiger partial charge in [-0.1, -0.05) is 34.8 Å². The van der Waals surface area contributed by atoms with Gasteiger partial charge in [0.2, 0.25) is 5.78 Å². The van der Waals surface area contributed by atoms with Crippen molar-refractivity contribution in [2.45, 2.75) is 11.8 Å². The standard InChI is InChI=1S/C20H12Cl3N3O5S/c1-9-6-11(2-3-12(9)22)32(29,30)26-15-7-10(21)8-24-17(15)18(27)16-13(23)4-5-14-19(16)31-20(28)25-14/h2-8,26H,1H3,(H,25,28). The maximum Gasteiger partial charge on any atom is 0.417 e. The first-order chi connectivity index (χ1) is 15.1. The van der Waals surface area contributed by atoms with Crippen molar-refractivity contribution in [2.24, 2.45) is 0 Å².